The quantitative estimate of drug-likeness (QED) is 0.712. The molecule has 126 valence electrons. The largest absolute Gasteiger partial charge is 0.370 e. The van der Waals surface area contributed by atoms with Gasteiger partial charge in [-0.05, 0) is 42.3 Å². The maximum Gasteiger partial charge on any atom is 0.255 e. The van der Waals surface area contributed by atoms with Gasteiger partial charge in [0.25, 0.3) is 5.91 Å². The first kappa shape index (κ1) is 16.6. The van der Waals surface area contributed by atoms with E-state index in [2.05, 4.69) is 27.8 Å². The van der Waals surface area contributed by atoms with Crippen LogP contribution in [0.4, 0.5) is 15.9 Å². The highest BCUT2D eigenvalue weighted by atomic mass is 19.1. The van der Waals surface area contributed by atoms with Crippen LogP contribution in [0.3, 0.4) is 0 Å². The number of aromatic nitrogens is 1. The fourth-order valence-corrected chi connectivity index (χ4v) is 2.38. The summed E-state index contributed by atoms with van der Waals surface area (Å²) in [4.78, 5) is 16.3. The monoisotopic (exact) mass is 335 g/mol. The molecule has 0 aliphatic carbocycles. The highest BCUT2D eigenvalue weighted by Gasteiger charge is 2.07. The van der Waals surface area contributed by atoms with Gasteiger partial charge < -0.3 is 10.6 Å². The van der Waals surface area contributed by atoms with Crippen molar-refractivity contribution in [3.63, 3.8) is 0 Å². The van der Waals surface area contributed by atoms with Gasteiger partial charge in [-0.2, -0.15) is 0 Å². The third kappa shape index (κ3) is 4.88. The van der Waals surface area contributed by atoms with Crippen molar-refractivity contribution < 1.29 is 9.18 Å². The number of hydrogen-bond donors (Lipinski definition) is 2. The summed E-state index contributed by atoms with van der Waals surface area (Å²) in [5, 5.41) is 5.94. The molecule has 0 aliphatic rings. The zero-order valence-corrected chi connectivity index (χ0v) is 13.6. The predicted octanol–water partition coefficient (Wildman–Crippen LogP) is 4.13. The molecular weight excluding hydrogens is 317 g/mol. The Labute approximate surface area is 145 Å². The van der Waals surface area contributed by atoms with Gasteiger partial charge in [-0.3, -0.25) is 4.79 Å². The molecule has 2 N–H and O–H groups in total. The molecule has 1 amide bonds. The Kier molecular flexibility index (Phi) is 5.36. The van der Waals surface area contributed by atoms with Crippen molar-refractivity contribution in [2.24, 2.45) is 0 Å². The van der Waals surface area contributed by atoms with E-state index in [1.54, 1.807) is 24.4 Å². The zero-order valence-electron chi connectivity index (χ0n) is 13.6. The molecule has 3 aromatic rings. The zero-order chi connectivity index (χ0) is 17.5. The van der Waals surface area contributed by atoms with Crippen LogP contribution < -0.4 is 10.6 Å². The lowest BCUT2D eigenvalue weighted by Gasteiger charge is -2.08. The van der Waals surface area contributed by atoms with Crippen LogP contribution in [0, 0.1) is 5.82 Å². The number of halogens is 1. The summed E-state index contributed by atoms with van der Waals surface area (Å²) in [7, 11) is 0. The van der Waals surface area contributed by atoms with Crippen molar-refractivity contribution in [3.05, 3.63) is 89.9 Å². The van der Waals surface area contributed by atoms with E-state index < -0.39 is 5.82 Å². The van der Waals surface area contributed by atoms with E-state index in [0.29, 0.717) is 5.69 Å². The Balaban J connectivity index is 1.52. The summed E-state index contributed by atoms with van der Waals surface area (Å²) in [6.45, 7) is 0.770. The maximum absolute atomic E-state index is 13.2. The Morgan fingerprint density at radius 3 is 2.56 bits per heavy atom. The topological polar surface area (TPSA) is 54.0 Å². The van der Waals surface area contributed by atoms with E-state index in [9.17, 15) is 9.18 Å². The van der Waals surface area contributed by atoms with E-state index in [1.165, 1.54) is 23.8 Å². The van der Waals surface area contributed by atoms with Crippen molar-refractivity contribution >= 4 is 17.4 Å². The van der Waals surface area contributed by atoms with Crippen LogP contribution in [-0.4, -0.2) is 17.4 Å². The molecule has 2 aromatic carbocycles. The Hall–Kier alpha value is -3.21. The van der Waals surface area contributed by atoms with Gasteiger partial charge in [0.2, 0.25) is 0 Å². The van der Waals surface area contributed by atoms with Crippen LogP contribution in [0.15, 0.2) is 72.9 Å². The number of carbonyl (C=O) groups excluding carboxylic acids is 1. The molecule has 0 atom stereocenters. The van der Waals surface area contributed by atoms with Gasteiger partial charge in [-0.1, -0.05) is 36.4 Å². The third-order valence-electron chi connectivity index (χ3n) is 3.67. The van der Waals surface area contributed by atoms with E-state index in [0.717, 1.165) is 18.8 Å². The summed E-state index contributed by atoms with van der Waals surface area (Å²) in [5.41, 5.74) is 2.09. The van der Waals surface area contributed by atoms with Gasteiger partial charge in [0.05, 0.1) is 11.9 Å². The molecule has 0 saturated carbocycles. The molecule has 5 heteroatoms. The highest BCUT2D eigenvalue weighted by molar-refractivity contribution is 6.04. The number of amides is 1. The minimum absolute atomic E-state index is 0.269. The predicted molar refractivity (Wildman–Crippen MR) is 97.2 cm³/mol. The molecule has 0 saturated heterocycles. The molecule has 0 radical (unpaired) electrons. The van der Waals surface area contributed by atoms with Crippen molar-refractivity contribution in [1.82, 2.24) is 4.98 Å². The number of nitrogens with zero attached hydrogens (tertiary/aromatic N) is 1. The fraction of sp³-hybridized carbons (Fsp3) is 0.100. The summed E-state index contributed by atoms with van der Waals surface area (Å²) >= 11 is 0. The summed E-state index contributed by atoms with van der Waals surface area (Å²) in [6.07, 6.45) is 2.47. The molecule has 25 heavy (non-hydrogen) atoms. The van der Waals surface area contributed by atoms with Crippen LogP contribution in [0.25, 0.3) is 0 Å². The van der Waals surface area contributed by atoms with Crippen LogP contribution >= 0.6 is 0 Å². The molecule has 0 aliphatic heterocycles. The number of benzene rings is 2. The summed E-state index contributed by atoms with van der Waals surface area (Å²) < 4.78 is 13.2. The molecular formula is C20H18FN3O. The Morgan fingerprint density at radius 1 is 1.00 bits per heavy atom. The summed E-state index contributed by atoms with van der Waals surface area (Å²) in [5.74, 6) is -0.0745. The van der Waals surface area contributed by atoms with E-state index >= 15 is 0 Å². The van der Waals surface area contributed by atoms with Crippen molar-refractivity contribution in [2.75, 3.05) is 17.2 Å². The first-order valence-electron chi connectivity index (χ1n) is 8.01. The molecule has 1 aromatic heterocycles. The van der Waals surface area contributed by atoms with Gasteiger partial charge in [0, 0.05) is 12.1 Å². The second-order valence-electron chi connectivity index (χ2n) is 5.56. The molecule has 4 nitrogen and oxygen atoms in total. The van der Waals surface area contributed by atoms with Gasteiger partial charge >= 0.3 is 0 Å². The second-order valence-corrected chi connectivity index (χ2v) is 5.56. The Bertz CT molecular complexity index is 835. The lowest BCUT2D eigenvalue weighted by Crippen LogP contribution is -2.12. The second kappa shape index (κ2) is 8.06. The average Bonchev–Trinajstić information content (AvgIpc) is 2.64. The van der Waals surface area contributed by atoms with Crippen LogP contribution in [-0.2, 0) is 6.42 Å². The molecule has 0 fully saturated rings. The maximum atomic E-state index is 13.2. The average molecular weight is 335 g/mol. The number of pyridine rings is 1. The van der Waals surface area contributed by atoms with Gasteiger partial charge in [-0.15, -0.1) is 0 Å². The van der Waals surface area contributed by atoms with Gasteiger partial charge in [0.1, 0.15) is 11.6 Å². The first-order chi connectivity index (χ1) is 12.2. The number of rotatable bonds is 6. The molecule has 0 bridgehead atoms. The third-order valence-corrected chi connectivity index (χ3v) is 3.67. The van der Waals surface area contributed by atoms with E-state index in [1.807, 2.05) is 18.2 Å². The number of hydrogen-bond acceptors (Lipinski definition) is 3. The van der Waals surface area contributed by atoms with E-state index in [-0.39, 0.29) is 11.5 Å². The number of nitrogens with one attached hydrogen (secondary N) is 2. The van der Waals surface area contributed by atoms with Crippen LogP contribution in [0.5, 0.6) is 0 Å². The molecule has 3 rings (SSSR count). The SMILES string of the molecule is O=C(Nc1ccc(NCCc2ccccc2)nc1)c1cccc(F)c1. The lowest BCUT2D eigenvalue weighted by atomic mass is 10.1. The Morgan fingerprint density at radius 2 is 1.84 bits per heavy atom. The molecule has 0 spiro atoms. The van der Waals surface area contributed by atoms with Gasteiger partial charge in [-0.25, -0.2) is 9.37 Å². The first-order valence-corrected chi connectivity index (χ1v) is 8.01. The minimum atomic E-state index is -0.441. The normalized spacial score (nSPS) is 10.3. The number of carbonyl (C=O) groups is 1. The number of anilines is 2. The van der Waals surface area contributed by atoms with Crippen LogP contribution in [0.1, 0.15) is 15.9 Å². The van der Waals surface area contributed by atoms with Crippen molar-refractivity contribution in [1.29, 1.82) is 0 Å². The van der Waals surface area contributed by atoms with Crippen LogP contribution in [0.2, 0.25) is 0 Å². The van der Waals surface area contributed by atoms with Crippen molar-refractivity contribution in [3.8, 4) is 0 Å². The van der Waals surface area contributed by atoms with E-state index in [4.69, 9.17) is 0 Å². The van der Waals surface area contributed by atoms with Crippen molar-refractivity contribution in [2.45, 2.75) is 6.42 Å². The van der Waals surface area contributed by atoms with Gasteiger partial charge in [0.15, 0.2) is 0 Å². The fourth-order valence-electron chi connectivity index (χ4n) is 2.38. The highest BCUT2D eigenvalue weighted by Crippen LogP contribution is 2.12. The molecule has 1 heterocycles. The molecule has 0 unspecified atom stereocenters. The summed E-state index contributed by atoms with van der Waals surface area (Å²) in [6, 6.07) is 19.3. The standard InChI is InChI=1S/C20H18FN3O/c21-17-8-4-7-16(13-17)20(25)24-18-9-10-19(23-14-18)22-12-11-15-5-2-1-3-6-15/h1-10,13-14H,11-12H2,(H,22,23)(H,24,25). The smallest absolute Gasteiger partial charge is 0.255 e. The lowest BCUT2D eigenvalue weighted by molar-refractivity contribution is 0.102. The minimum Gasteiger partial charge on any atom is -0.370 e.